The number of aromatic nitrogens is 2. The Morgan fingerprint density at radius 2 is 2.04 bits per heavy atom. The normalized spacial score (nSPS) is 11.0. The van der Waals surface area contributed by atoms with Crippen LogP contribution < -0.4 is 5.56 Å². The largest absolute Gasteiger partial charge is 0.464 e. The van der Waals surface area contributed by atoms with E-state index in [1.54, 1.807) is 31.1 Å². The van der Waals surface area contributed by atoms with Gasteiger partial charge in [-0.05, 0) is 31.2 Å². The van der Waals surface area contributed by atoms with Crippen molar-refractivity contribution in [2.75, 3.05) is 12.8 Å². The molecule has 0 saturated carbocycles. The van der Waals surface area contributed by atoms with Gasteiger partial charge in [0, 0.05) is 14.1 Å². The van der Waals surface area contributed by atoms with E-state index in [1.165, 1.54) is 16.3 Å². The summed E-state index contributed by atoms with van der Waals surface area (Å²) in [6.07, 6.45) is 0. The van der Waals surface area contributed by atoms with Gasteiger partial charge in [0.1, 0.15) is 11.5 Å². The number of furan rings is 1. The number of hydrogen-bond acceptors (Lipinski definition) is 5. The van der Waals surface area contributed by atoms with Crippen LogP contribution in [-0.2, 0) is 18.4 Å². The number of amides is 1. The number of rotatable bonds is 5. The summed E-state index contributed by atoms with van der Waals surface area (Å²) in [5.41, 5.74) is 0.528. The molecule has 2 heterocycles. The highest BCUT2D eigenvalue weighted by molar-refractivity contribution is 7.99. The lowest BCUT2D eigenvalue weighted by molar-refractivity contribution is -0.127. The molecule has 0 radical (unpaired) electrons. The summed E-state index contributed by atoms with van der Waals surface area (Å²) in [7, 11) is 3.40. The van der Waals surface area contributed by atoms with Crippen LogP contribution in [0.2, 0.25) is 0 Å². The predicted octanol–water partition coefficient (Wildman–Crippen LogP) is 2.59. The third-order valence-electron chi connectivity index (χ3n) is 3.88. The zero-order chi connectivity index (χ0) is 18.0. The molecule has 7 heteroatoms. The van der Waals surface area contributed by atoms with Gasteiger partial charge < -0.3 is 9.32 Å². The van der Waals surface area contributed by atoms with Crippen molar-refractivity contribution >= 4 is 28.6 Å². The molecule has 2 aromatic heterocycles. The fourth-order valence-electron chi connectivity index (χ4n) is 2.46. The molecule has 6 nitrogen and oxygen atoms in total. The van der Waals surface area contributed by atoms with Crippen molar-refractivity contribution in [1.29, 1.82) is 0 Å². The van der Waals surface area contributed by atoms with E-state index in [2.05, 4.69) is 4.98 Å². The summed E-state index contributed by atoms with van der Waals surface area (Å²) in [4.78, 5) is 30.8. The minimum absolute atomic E-state index is 0.0542. The SMILES string of the molecule is Cc1ccc(CN(C)C(=O)CSc2nc3ccccc3c(=O)n2C)o1. The molecule has 0 N–H and O–H groups in total. The highest BCUT2D eigenvalue weighted by Crippen LogP contribution is 2.18. The van der Waals surface area contributed by atoms with Crippen LogP contribution in [0, 0.1) is 6.92 Å². The van der Waals surface area contributed by atoms with E-state index < -0.39 is 0 Å². The molecular formula is C18H19N3O3S. The van der Waals surface area contributed by atoms with Gasteiger partial charge in [-0.15, -0.1) is 0 Å². The van der Waals surface area contributed by atoms with Crippen LogP contribution in [0.4, 0.5) is 0 Å². The van der Waals surface area contributed by atoms with Gasteiger partial charge in [0.25, 0.3) is 5.56 Å². The molecule has 130 valence electrons. The van der Waals surface area contributed by atoms with Crippen molar-refractivity contribution in [1.82, 2.24) is 14.5 Å². The van der Waals surface area contributed by atoms with Gasteiger partial charge in [-0.25, -0.2) is 4.98 Å². The van der Waals surface area contributed by atoms with E-state index in [-0.39, 0.29) is 17.2 Å². The first-order chi connectivity index (χ1) is 12.0. The van der Waals surface area contributed by atoms with Gasteiger partial charge in [-0.3, -0.25) is 14.2 Å². The zero-order valence-electron chi connectivity index (χ0n) is 14.4. The molecule has 0 bridgehead atoms. The Kier molecular flexibility index (Phi) is 4.94. The predicted molar refractivity (Wildman–Crippen MR) is 97.6 cm³/mol. The molecule has 0 aliphatic heterocycles. The third kappa shape index (κ3) is 3.76. The van der Waals surface area contributed by atoms with Crippen LogP contribution in [0.3, 0.4) is 0 Å². The van der Waals surface area contributed by atoms with Crippen LogP contribution >= 0.6 is 11.8 Å². The van der Waals surface area contributed by atoms with Crippen molar-refractivity contribution in [3.05, 3.63) is 58.3 Å². The number of benzene rings is 1. The molecule has 1 amide bonds. The molecule has 0 fully saturated rings. The van der Waals surface area contributed by atoms with Gasteiger partial charge in [-0.1, -0.05) is 23.9 Å². The summed E-state index contributed by atoms with van der Waals surface area (Å²) in [5, 5.41) is 1.10. The van der Waals surface area contributed by atoms with Crippen molar-refractivity contribution in [3.8, 4) is 0 Å². The molecular weight excluding hydrogens is 338 g/mol. The number of nitrogens with zero attached hydrogens (tertiary/aromatic N) is 3. The maximum Gasteiger partial charge on any atom is 0.261 e. The van der Waals surface area contributed by atoms with Crippen molar-refractivity contribution in [3.63, 3.8) is 0 Å². The Balaban J connectivity index is 1.70. The molecule has 0 spiro atoms. The number of fused-ring (bicyclic) bond motifs is 1. The summed E-state index contributed by atoms with van der Waals surface area (Å²) >= 11 is 1.26. The number of para-hydroxylation sites is 1. The number of thioether (sulfide) groups is 1. The Morgan fingerprint density at radius 1 is 1.28 bits per heavy atom. The topological polar surface area (TPSA) is 68.3 Å². The fourth-order valence-corrected chi connectivity index (χ4v) is 3.37. The van der Waals surface area contributed by atoms with E-state index in [0.717, 1.165) is 11.5 Å². The van der Waals surface area contributed by atoms with E-state index in [1.807, 2.05) is 31.2 Å². The number of carbonyl (C=O) groups excluding carboxylic acids is 1. The number of carbonyl (C=O) groups is 1. The molecule has 0 unspecified atom stereocenters. The van der Waals surface area contributed by atoms with Crippen LogP contribution in [0.25, 0.3) is 10.9 Å². The third-order valence-corrected chi connectivity index (χ3v) is 4.90. The minimum Gasteiger partial charge on any atom is -0.464 e. The first-order valence-corrected chi connectivity index (χ1v) is 8.82. The quantitative estimate of drug-likeness (QED) is 0.519. The highest BCUT2D eigenvalue weighted by atomic mass is 32.2. The van der Waals surface area contributed by atoms with Gasteiger partial charge in [0.2, 0.25) is 5.91 Å². The maximum absolute atomic E-state index is 12.4. The lowest BCUT2D eigenvalue weighted by Gasteiger charge is -2.16. The van der Waals surface area contributed by atoms with Crippen molar-refractivity contribution in [2.24, 2.45) is 7.05 Å². The number of hydrogen-bond donors (Lipinski definition) is 0. The maximum atomic E-state index is 12.4. The van der Waals surface area contributed by atoms with Crippen LogP contribution in [0.1, 0.15) is 11.5 Å². The molecule has 0 atom stereocenters. The lowest BCUT2D eigenvalue weighted by atomic mass is 10.2. The zero-order valence-corrected chi connectivity index (χ0v) is 15.2. The van der Waals surface area contributed by atoms with Gasteiger partial charge in [0.15, 0.2) is 5.16 Å². The second-order valence-electron chi connectivity index (χ2n) is 5.83. The molecule has 3 aromatic rings. The van der Waals surface area contributed by atoms with Crippen molar-refractivity contribution in [2.45, 2.75) is 18.6 Å². The Hall–Kier alpha value is -2.54. The first kappa shape index (κ1) is 17.3. The van der Waals surface area contributed by atoms with E-state index in [9.17, 15) is 9.59 Å². The Labute approximate surface area is 149 Å². The summed E-state index contributed by atoms with van der Waals surface area (Å²) in [6, 6.07) is 10.9. The van der Waals surface area contributed by atoms with Crippen LogP contribution in [-0.4, -0.2) is 33.2 Å². The second-order valence-corrected chi connectivity index (χ2v) is 6.77. The highest BCUT2D eigenvalue weighted by Gasteiger charge is 2.14. The molecule has 0 aliphatic carbocycles. The monoisotopic (exact) mass is 357 g/mol. The van der Waals surface area contributed by atoms with Gasteiger partial charge in [0.05, 0.1) is 23.2 Å². The summed E-state index contributed by atoms with van der Waals surface area (Å²) < 4.78 is 6.97. The molecule has 25 heavy (non-hydrogen) atoms. The van der Waals surface area contributed by atoms with Crippen LogP contribution in [0.15, 0.2) is 50.8 Å². The van der Waals surface area contributed by atoms with Gasteiger partial charge in [-0.2, -0.15) is 0 Å². The fraction of sp³-hybridized carbons (Fsp3) is 0.278. The van der Waals surface area contributed by atoms with E-state index in [0.29, 0.717) is 22.6 Å². The van der Waals surface area contributed by atoms with E-state index in [4.69, 9.17) is 4.42 Å². The van der Waals surface area contributed by atoms with Crippen LogP contribution in [0.5, 0.6) is 0 Å². The van der Waals surface area contributed by atoms with Gasteiger partial charge >= 0.3 is 0 Å². The Bertz CT molecular complexity index is 977. The minimum atomic E-state index is -0.111. The van der Waals surface area contributed by atoms with Crippen molar-refractivity contribution < 1.29 is 9.21 Å². The molecule has 3 rings (SSSR count). The van der Waals surface area contributed by atoms with E-state index >= 15 is 0 Å². The average Bonchev–Trinajstić information content (AvgIpc) is 3.01. The summed E-state index contributed by atoms with van der Waals surface area (Å²) in [6.45, 7) is 2.28. The molecule has 0 saturated heterocycles. The summed E-state index contributed by atoms with van der Waals surface area (Å²) in [5.74, 6) is 1.71. The average molecular weight is 357 g/mol. The Morgan fingerprint density at radius 3 is 2.76 bits per heavy atom. The molecule has 1 aromatic carbocycles. The lowest BCUT2D eigenvalue weighted by Crippen LogP contribution is -2.28. The first-order valence-electron chi connectivity index (χ1n) is 7.83. The molecule has 0 aliphatic rings. The standard InChI is InChI=1S/C18H19N3O3S/c1-12-8-9-13(24-12)10-20(2)16(22)11-25-18-19-15-7-5-4-6-14(15)17(23)21(18)3/h4-9H,10-11H2,1-3H3. The smallest absolute Gasteiger partial charge is 0.261 e. The number of aryl methyl sites for hydroxylation is 1. The second kappa shape index (κ2) is 7.14.